The van der Waals surface area contributed by atoms with Crippen LogP contribution in [0.25, 0.3) is 0 Å². The molecule has 0 aromatic carbocycles. The van der Waals surface area contributed by atoms with Crippen LogP contribution in [0.4, 0.5) is 0 Å². The largest absolute Gasteiger partial charge is 0.455 e. The van der Waals surface area contributed by atoms with Gasteiger partial charge in [0.2, 0.25) is 0 Å². The lowest BCUT2D eigenvalue weighted by Gasteiger charge is -2.34. The van der Waals surface area contributed by atoms with Crippen molar-refractivity contribution in [3.63, 3.8) is 0 Å². The zero-order valence-corrected chi connectivity index (χ0v) is 21.6. The van der Waals surface area contributed by atoms with E-state index < -0.39 is 16.6 Å². The minimum atomic E-state index is -1.56. The van der Waals surface area contributed by atoms with Crippen LogP contribution in [0.5, 0.6) is 0 Å². The summed E-state index contributed by atoms with van der Waals surface area (Å²) in [6.45, 7) is 15.0. The first-order chi connectivity index (χ1) is 12.5. The summed E-state index contributed by atoms with van der Waals surface area (Å²) in [4.78, 5) is 4.32. The molecule has 0 aromatic heterocycles. The Labute approximate surface area is 172 Å². The second-order valence-electron chi connectivity index (χ2n) is 9.37. The van der Waals surface area contributed by atoms with Gasteiger partial charge in [0, 0.05) is 26.3 Å². The summed E-state index contributed by atoms with van der Waals surface area (Å²) in [7, 11) is 5.21. The molecule has 0 aromatic rings. The highest BCUT2D eigenvalue weighted by atomic mass is 28.4. The van der Waals surface area contributed by atoms with Crippen LogP contribution in [-0.4, -0.2) is 94.1 Å². The van der Waals surface area contributed by atoms with Crippen LogP contribution in [-0.2, 0) is 13.6 Å². The van der Waals surface area contributed by atoms with Crippen LogP contribution >= 0.6 is 0 Å². The van der Waals surface area contributed by atoms with Gasteiger partial charge in [-0.1, -0.05) is 12.8 Å². The third kappa shape index (κ3) is 19.3. The molecule has 0 radical (unpaired) electrons. The highest BCUT2D eigenvalue weighted by Gasteiger charge is 2.32. The van der Waals surface area contributed by atoms with Gasteiger partial charge in [0.1, 0.15) is 0 Å². The molecule has 0 unspecified atom stereocenters. The molecule has 0 heterocycles. The molecule has 7 heteroatoms. The Balaban J connectivity index is 3.78. The maximum Gasteiger partial charge on any atom is 0.173 e. The number of nitrogens with zero attached hydrogens (tertiary/aromatic N) is 2. The summed E-state index contributed by atoms with van der Waals surface area (Å²) >= 11 is 0. The van der Waals surface area contributed by atoms with Crippen molar-refractivity contribution >= 4 is 16.6 Å². The standard InChI is InChI=1S/C20H48N2O3Si2/c1-21(2)13-17-23-15-9-11-19-26(5,6)25-27(7,8)20-12-10-16-24-18-14-22(3)4/h9-20H2,1-8H3. The van der Waals surface area contributed by atoms with Gasteiger partial charge in [0.25, 0.3) is 0 Å². The maximum absolute atomic E-state index is 6.73. The normalized spacial score (nSPS) is 13.1. The second kappa shape index (κ2) is 15.1. The van der Waals surface area contributed by atoms with Gasteiger partial charge in [0.05, 0.1) is 13.2 Å². The van der Waals surface area contributed by atoms with E-state index in [2.05, 4.69) is 64.2 Å². The molecule has 0 atom stereocenters. The SMILES string of the molecule is CN(C)CCOCCCC[Si](C)(C)O[Si](C)(C)CCCCOCCN(C)C. The highest BCUT2D eigenvalue weighted by molar-refractivity contribution is 6.84. The van der Waals surface area contributed by atoms with Crippen LogP contribution in [0.2, 0.25) is 38.3 Å². The van der Waals surface area contributed by atoms with E-state index in [4.69, 9.17) is 13.6 Å². The predicted octanol–water partition coefficient (Wildman–Crippen LogP) is 4.13. The van der Waals surface area contributed by atoms with Crippen LogP contribution in [0.15, 0.2) is 0 Å². The van der Waals surface area contributed by atoms with Gasteiger partial charge < -0.3 is 23.4 Å². The predicted molar refractivity (Wildman–Crippen MR) is 123 cm³/mol. The first-order valence-electron chi connectivity index (χ1n) is 10.7. The van der Waals surface area contributed by atoms with Crippen molar-refractivity contribution in [3.05, 3.63) is 0 Å². The maximum atomic E-state index is 6.73. The molecule has 0 aliphatic heterocycles. The molecule has 5 nitrogen and oxygen atoms in total. The van der Waals surface area contributed by atoms with E-state index in [0.717, 1.165) is 52.4 Å². The number of ether oxygens (including phenoxy) is 2. The molecule has 0 saturated heterocycles. The first kappa shape index (κ1) is 27.2. The Kier molecular flexibility index (Phi) is 15.3. The Morgan fingerprint density at radius 2 is 0.926 bits per heavy atom. The van der Waals surface area contributed by atoms with Crippen molar-refractivity contribution in [2.24, 2.45) is 0 Å². The van der Waals surface area contributed by atoms with E-state index in [0.29, 0.717) is 0 Å². The molecule has 0 bridgehead atoms. The van der Waals surface area contributed by atoms with Crippen molar-refractivity contribution in [3.8, 4) is 0 Å². The fraction of sp³-hybridized carbons (Fsp3) is 1.00. The van der Waals surface area contributed by atoms with Crippen LogP contribution in [0, 0.1) is 0 Å². The lowest BCUT2D eigenvalue weighted by Crippen LogP contribution is -2.44. The summed E-state index contributed by atoms with van der Waals surface area (Å²) in [6, 6.07) is 2.49. The van der Waals surface area contributed by atoms with Crippen LogP contribution in [0.1, 0.15) is 25.7 Å². The molecule has 0 spiro atoms. The highest BCUT2D eigenvalue weighted by Crippen LogP contribution is 2.24. The Morgan fingerprint density at radius 3 is 1.26 bits per heavy atom. The van der Waals surface area contributed by atoms with Crippen molar-refractivity contribution in [2.75, 3.05) is 67.7 Å². The van der Waals surface area contributed by atoms with E-state index in [9.17, 15) is 0 Å². The summed E-state index contributed by atoms with van der Waals surface area (Å²) in [6.07, 6.45) is 4.76. The molecule has 0 amide bonds. The number of unbranched alkanes of at least 4 members (excludes halogenated alkanes) is 2. The molecular weight excluding hydrogens is 372 g/mol. The average molecular weight is 421 g/mol. The fourth-order valence-electron chi connectivity index (χ4n) is 3.06. The van der Waals surface area contributed by atoms with Crippen LogP contribution < -0.4 is 0 Å². The summed E-state index contributed by atoms with van der Waals surface area (Å²) in [5, 5.41) is 0. The van der Waals surface area contributed by atoms with Crippen molar-refractivity contribution in [2.45, 2.75) is 64.0 Å². The number of rotatable bonds is 18. The van der Waals surface area contributed by atoms with Gasteiger partial charge in [-0.25, -0.2) is 0 Å². The van der Waals surface area contributed by atoms with Gasteiger partial charge in [0.15, 0.2) is 16.6 Å². The lowest BCUT2D eigenvalue weighted by atomic mass is 10.4. The van der Waals surface area contributed by atoms with E-state index in [-0.39, 0.29) is 0 Å². The lowest BCUT2D eigenvalue weighted by molar-refractivity contribution is 0.115. The number of likely N-dealkylation sites (N-methyl/N-ethyl adjacent to an activating group) is 2. The molecule has 27 heavy (non-hydrogen) atoms. The summed E-state index contributed by atoms with van der Waals surface area (Å²) in [5.41, 5.74) is 0. The van der Waals surface area contributed by atoms with Crippen molar-refractivity contribution in [1.82, 2.24) is 9.80 Å². The molecule has 0 N–H and O–H groups in total. The molecule has 0 aliphatic rings. The minimum absolute atomic E-state index is 0.836. The quantitative estimate of drug-likeness (QED) is 0.246. The van der Waals surface area contributed by atoms with Crippen molar-refractivity contribution in [1.29, 1.82) is 0 Å². The molecule has 164 valence electrons. The van der Waals surface area contributed by atoms with E-state index in [1.54, 1.807) is 0 Å². The third-order valence-electron chi connectivity index (χ3n) is 4.55. The Morgan fingerprint density at radius 1 is 0.556 bits per heavy atom. The smallest absolute Gasteiger partial charge is 0.173 e. The zero-order chi connectivity index (χ0) is 20.8. The van der Waals surface area contributed by atoms with Gasteiger partial charge >= 0.3 is 0 Å². The van der Waals surface area contributed by atoms with Gasteiger partial charge in [-0.15, -0.1) is 0 Å². The molecule has 0 fully saturated rings. The molecule has 0 saturated carbocycles. The number of hydrogen-bond acceptors (Lipinski definition) is 5. The topological polar surface area (TPSA) is 34.2 Å². The Hall–Kier alpha value is 0.234. The monoisotopic (exact) mass is 420 g/mol. The van der Waals surface area contributed by atoms with Gasteiger partial charge in [-0.3, -0.25) is 0 Å². The third-order valence-corrected chi connectivity index (χ3v) is 12.1. The molecule has 0 rings (SSSR count). The van der Waals surface area contributed by atoms with E-state index in [1.165, 1.54) is 24.9 Å². The average Bonchev–Trinajstić information content (AvgIpc) is 2.51. The summed E-state index contributed by atoms with van der Waals surface area (Å²) in [5.74, 6) is 0. The Bertz CT molecular complexity index is 322. The second-order valence-corrected chi connectivity index (χ2v) is 18.2. The van der Waals surface area contributed by atoms with Gasteiger partial charge in [-0.2, -0.15) is 0 Å². The van der Waals surface area contributed by atoms with E-state index >= 15 is 0 Å². The fourth-order valence-corrected chi connectivity index (χ4v) is 12.1. The number of hydrogen-bond donors (Lipinski definition) is 0. The van der Waals surface area contributed by atoms with Crippen LogP contribution in [0.3, 0.4) is 0 Å². The van der Waals surface area contributed by atoms with E-state index in [1.807, 2.05) is 0 Å². The molecule has 0 aliphatic carbocycles. The van der Waals surface area contributed by atoms with Crippen molar-refractivity contribution < 1.29 is 13.6 Å². The summed E-state index contributed by atoms with van der Waals surface area (Å²) < 4.78 is 18.1. The molecular formula is C20H48N2O3Si2. The minimum Gasteiger partial charge on any atom is -0.455 e. The first-order valence-corrected chi connectivity index (χ1v) is 16.9. The van der Waals surface area contributed by atoms with Gasteiger partial charge in [-0.05, 0) is 79.3 Å². The zero-order valence-electron chi connectivity index (χ0n) is 19.6.